The van der Waals surface area contributed by atoms with Gasteiger partial charge in [-0.2, -0.15) is 0 Å². The lowest BCUT2D eigenvalue weighted by atomic mass is 10.1. The highest BCUT2D eigenvalue weighted by Crippen LogP contribution is 2.19. The molecule has 0 bridgehead atoms. The van der Waals surface area contributed by atoms with Crippen molar-refractivity contribution in [2.24, 2.45) is 0 Å². The van der Waals surface area contributed by atoms with Crippen molar-refractivity contribution in [1.29, 1.82) is 0 Å². The van der Waals surface area contributed by atoms with Crippen LogP contribution in [0.15, 0.2) is 10.5 Å². The first kappa shape index (κ1) is 6.65. The van der Waals surface area contributed by atoms with E-state index >= 15 is 0 Å². The van der Waals surface area contributed by atoms with Crippen LogP contribution in [0.2, 0.25) is 0 Å². The predicted octanol–water partition coefficient (Wildman–Crippen LogP) is 2.20. The van der Waals surface area contributed by atoms with E-state index in [0.717, 1.165) is 36.6 Å². The molecule has 0 atom stereocenters. The molecule has 1 heterocycles. The maximum absolute atomic E-state index is 5.49. The number of oxazole rings is 1. The van der Waals surface area contributed by atoms with Gasteiger partial charge in [-0.3, -0.25) is 0 Å². The molecule has 1 aromatic heterocycles. The van der Waals surface area contributed by atoms with Gasteiger partial charge >= 0.3 is 0 Å². The molecule has 0 fully saturated rings. The van der Waals surface area contributed by atoms with Crippen LogP contribution in [0, 0.1) is 0 Å². The Kier molecular flexibility index (Phi) is 1.53. The molecule has 0 saturated carbocycles. The smallest absolute Gasteiger partial charge is 0.194 e. The Bertz CT molecular complexity index is 286. The molecule has 0 radical (unpaired) electrons. The van der Waals surface area contributed by atoms with Gasteiger partial charge < -0.3 is 4.42 Å². The van der Waals surface area contributed by atoms with E-state index in [1.807, 2.05) is 6.08 Å². The summed E-state index contributed by atoms with van der Waals surface area (Å²) in [5, 5.41) is 0. The number of allylic oxidation sites excluding steroid dienone is 1. The topological polar surface area (TPSA) is 26.0 Å². The van der Waals surface area contributed by atoms with E-state index in [-0.39, 0.29) is 0 Å². The van der Waals surface area contributed by atoms with Gasteiger partial charge in [0.1, 0.15) is 11.5 Å². The average Bonchev–Trinajstić information content (AvgIpc) is 2.46. The maximum Gasteiger partial charge on any atom is 0.194 e. The lowest BCUT2D eigenvalue weighted by Crippen LogP contribution is -1.88. The molecule has 0 aromatic carbocycles. The molecule has 2 heteroatoms. The molecule has 0 unspecified atom stereocenters. The van der Waals surface area contributed by atoms with Crippen molar-refractivity contribution in [3.05, 3.63) is 23.4 Å². The Hall–Kier alpha value is -1.05. The van der Waals surface area contributed by atoms with E-state index in [4.69, 9.17) is 4.42 Å². The van der Waals surface area contributed by atoms with E-state index in [1.54, 1.807) is 0 Å². The third-order valence-corrected chi connectivity index (χ3v) is 1.89. The van der Waals surface area contributed by atoms with Gasteiger partial charge in [0.25, 0.3) is 0 Å². The Balaban J connectivity index is 2.42. The summed E-state index contributed by atoms with van der Waals surface area (Å²) < 4.78 is 5.49. The maximum atomic E-state index is 5.49. The fourth-order valence-electron chi connectivity index (χ4n) is 1.28. The largest absolute Gasteiger partial charge is 0.445 e. The summed E-state index contributed by atoms with van der Waals surface area (Å²) in [6.07, 6.45) is 7.18. The van der Waals surface area contributed by atoms with Crippen LogP contribution in [0.4, 0.5) is 0 Å². The second-order valence-corrected chi connectivity index (χ2v) is 2.71. The number of rotatable bonds is 1. The summed E-state index contributed by atoms with van der Waals surface area (Å²) in [6, 6.07) is 0. The van der Waals surface area contributed by atoms with Crippen LogP contribution in [0.1, 0.15) is 30.7 Å². The Morgan fingerprint density at radius 1 is 1.64 bits per heavy atom. The zero-order valence-electron chi connectivity index (χ0n) is 6.63. The zero-order valence-corrected chi connectivity index (χ0v) is 6.63. The summed E-state index contributed by atoms with van der Waals surface area (Å²) in [6.45, 7) is 2.06. The minimum atomic E-state index is 0.863. The standard InChI is InChI=1S/C9H11NO/c1-2-9-10-7-5-3-4-6-8(7)11-9/h3,5H,2,4,6H2,1H3. The molecular formula is C9H11NO. The average molecular weight is 149 g/mol. The van der Waals surface area contributed by atoms with Crippen molar-refractivity contribution >= 4 is 6.08 Å². The third-order valence-electron chi connectivity index (χ3n) is 1.89. The van der Waals surface area contributed by atoms with Gasteiger partial charge in [-0.25, -0.2) is 4.98 Å². The van der Waals surface area contributed by atoms with E-state index in [1.165, 1.54) is 0 Å². The molecule has 2 rings (SSSR count). The molecule has 0 saturated heterocycles. The van der Waals surface area contributed by atoms with Crippen LogP contribution in [-0.2, 0) is 12.8 Å². The number of hydrogen-bond donors (Lipinski definition) is 0. The first-order valence-electron chi connectivity index (χ1n) is 4.05. The van der Waals surface area contributed by atoms with Gasteiger partial charge in [-0.1, -0.05) is 13.0 Å². The molecule has 11 heavy (non-hydrogen) atoms. The van der Waals surface area contributed by atoms with Gasteiger partial charge in [0, 0.05) is 12.8 Å². The fraction of sp³-hybridized carbons (Fsp3) is 0.444. The van der Waals surface area contributed by atoms with Gasteiger partial charge in [-0.15, -0.1) is 0 Å². The quantitative estimate of drug-likeness (QED) is 0.611. The minimum absolute atomic E-state index is 0.863. The van der Waals surface area contributed by atoms with Crippen LogP contribution in [0.5, 0.6) is 0 Å². The lowest BCUT2D eigenvalue weighted by Gasteiger charge is -1.98. The Morgan fingerprint density at radius 3 is 3.27 bits per heavy atom. The Morgan fingerprint density at radius 2 is 2.55 bits per heavy atom. The van der Waals surface area contributed by atoms with Crippen LogP contribution < -0.4 is 0 Å². The number of nitrogens with zero attached hydrogens (tertiary/aromatic N) is 1. The Labute approximate surface area is 65.9 Å². The third kappa shape index (κ3) is 1.09. The van der Waals surface area contributed by atoms with Crippen molar-refractivity contribution in [3.63, 3.8) is 0 Å². The monoisotopic (exact) mass is 149 g/mol. The molecule has 1 aliphatic rings. The number of fused-ring (bicyclic) bond motifs is 1. The van der Waals surface area contributed by atoms with Gasteiger partial charge in [-0.05, 0) is 12.5 Å². The predicted molar refractivity (Wildman–Crippen MR) is 43.2 cm³/mol. The van der Waals surface area contributed by atoms with Crippen LogP contribution in [0.3, 0.4) is 0 Å². The van der Waals surface area contributed by atoms with Crippen LogP contribution >= 0.6 is 0 Å². The van der Waals surface area contributed by atoms with Crippen molar-refractivity contribution in [1.82, 2.24) is 4.98 Å². The first-order valence-corrected chi connectivity index (χ1v) is 4.05. The fourth-order valence-corrected chi connectivity index (χ4v) is 1.28. The number of aryl methyl sites for hydroxylation is 2. The minimum Gasteiger partial charge on any atom is -0.445 e. The van der Waals surface area contributed by atoms with Crippen LogP contribution in [-0.4, -0.2) is 4.98 Å². The highest BCUT2D eigenvalue weighted by molar-refractivity contribution is 5.49. The van der Waals surface area contributed by atoms with Gasteiger partial charge in [0.2, 0.25) is 0 Å². The lowest BCUT2D eigenvalue weighted by molar-refractivity contribution is 0.459. The first-order chi connectivity index (χ1) is 5.40. The second-order valence-electron chi connectivity index (χ2n) is 2.71. The highest BCUT2D eigenvalue weighted by Gasteiger charge is 2.11. The van der Waals surface area contributed by atoms with E-state index in [2.05, 4.69) is 18.0 Å². The van der Waals surface area contributed by atoms with Crippen molar-refractivity contribution < 1.29 is 4.42 Å². The van der Waals surface area contributed by atoms with Gasteiger partial charge in [0.15, 0.2) is 5.89 Å². The summed E-state index contributed by atoms with van der Waals surface area (Å²) in [5.74, 6) is 1.92. The number of aromatic nitrogens is 1. The molecule has 0 aliphatic heterocycles. The van der Waals surface area contributed by atoms with Gasteiger partial charge in [0.05, 0.1) is 0 Å². The molecule has 58 valence electrons. The van der Waals surface area contributed by atoms with Crippen molar-refractivity contribution in [3.8, 4) is 0 Å². The molecule has 1 aliphatic carbocycles. The summed E-state index contributed by atoms with van der Waals surface area (Å²) in [7, 11) is 0. The van der Waals surface area contributed by atoms with E-state index in [0.29, 0.717) is 0 Å². The zero-order chi connectivity index (χ0) is 7.68. The molecule has 0 amide bonds. The van der Waals surface area contributed by atoms with Crippen molar-refractivity contribution in [2.45, 2.75) is 26.2 Å². The molecule has 0 spiro atoms. The molecule has 0 N–H and O–H groups in total. The molecule has 1 aromatic rings. The van der Waals surface area contributed by atoms with Crippen molar-refractivity contribution in [2.75, 3.05) is 0 Å². The highest BCUT2D eigenvalue weighted by atomic mass is 16.4. The second kappa shape index (κ2) is 2.53. The van der Waals surface area contributed by atoms with E-state index in [9.17, 15) is 0 Å². The summed E-state index contributed by atoms with van der Waals surface area (Å²) in [5.41, 5.74) is 1.04. The molecule has 2 nitrogen and oxygen atoms in total. The molecular weight excluding hydrogens is 138 g/mol. The normalized spacial score (nSPS) is 15.0. The summed E-state index contributed by atoms with van der Waals surface area (Å²) in [4.78, 5) is 4.32. The van der Waals surface area contributed by atoms with Crippen LogP contribution in [0.25, 0.3) is 6.08 Å². The van der Waals surface area contributed by atoms with E-state index < -0.39 is 0 Å². The number of hydrogen-bond acceptors (Lipinski definition) is 2. The SMILES string of the molecule is CCc1nc2c(o1)CCC=C2. The summed E-state index contributed by atoms with van der Waals surface area (Å²) >= 11 is 0.